The first kappa shape index (κ1) is 16.1. The third-order valence-electron chi connectivity index (χ3n) is 3.48. The molecule has 0 saturated heterocycles. The summed E-state index contributed by atoms with van der Waals surface area (Å²) in [4.78, 5) is 25.5. The fraction of sp³-hybridized carbons (Fsp3) is 0.176. The van der Waals surface area contributed by atoms with Crippen LogP contribution in [-0.4, -0.2) is 25.2 Å². The van der Waals surface area contributed by atoms with Gasteiger partial charge in [-0.1, -0.05) is 11.6 Å². The van der Waals surface area contributed by atoms with Crippen molar-refractivity contribution < 1.29 is 19.1 Å². The van der Waals surface area contributed by atoms with E-state index in [0.717, 1.165) is 0 Å². The highest BCUT2D eigenvalue weighted by molar-refractivity contribution is 6.30. The highest BCUT2D eigenvalue weighted by Gasteiger charge is 2.18. The van der Waals surface area contributed by atoms with Gasteiger partial charge in [-0.05, 0) is 36.4 Å². The van der Waals surface area contributed by atoms with Crippen molar-refractivity contribution in [1.29, 1.82) is 0 Å². The predicted molar refractivity (Wildman–Crippen MR) is 90.7 cm³/mol. The standard InChI is InChI=1S/C17H15ClN2O4/c1-11(21)20(14-5-2-12(18)3-6-14)9-17(22)19-13-4-7-15-16(8-13)24-10-23-15/h2-8H,9-10H2,1H3,(H,19,22). The molecule has 2 aromatic rings. The SMILES string of the molecule is CC(=O)N(CC(=O)Nc1ccc2c(c1)OCO2)c1ccc(Cl)cc1. The summed E-state index contributed by atoms with van der Waals surface area (Å²) in [5, 5.41) is 3.31. The maximum atomic E-state index is 12.3. The normalized spacial score (nSPS) is 11.9. The Labute approximate surface area is 143 Å². The lowest BCUT2D eigenvalue weighted by atomic mass is 10.2. The summed E-state index contributed by atoms with van der Waals surface area (Å²) >= 11 is 5.85. The second-order valence-corrected chi connectivity index (χ2v) is 5.63. The zero-order chi connectivity index (χ0) is 17.1. The Morgan fingerprint density at radius 2 is 1.83 bits per heavy atom. The molecule has 2 aromatic carbocycles. The third kappa shape index (κ3) is 3.60. The maximum Gasteiger partial charge on any atom is 0.244 e. The largest absolute Gasteiger partial charge is 0.454 e. The third-order valence-corrected chi connectivity index (χ3v) is 3.73. The van der Waals surface area contributed by atoms with E-state index in [0.29, 0.717) is 27.9 Å². The first-order valence-corrected chi connectivity index (χ1v) is 7.64. The van der Waals surface area contributed by atoms with Crippen LogP contribution in [0.1, 0.15) is 6.92 Å². The highest BCUT2D eigenvalue weighted by Crippen LogP contribution is 2.34. The summed E-state index contributed by atoms with van der Waals surface area (Å²) < 4.78 is 10.5. The number of amides is 2. The minimum atomic E-state index is -0.320. The Hall–Kier alpha value is -2.73. The Balaban J connectivity index is 1.70. The fourth-order valence-electron chi connectivity index (χ4n) is 2.32. The van der Waals surface area contributed by atoms with Crippen molar-refractivity contribution in [3.8, 4) is 11.5 Å². The Bertz CT molecular complexity index is 777. The number of hydrogen-bond acceptors (Lipinski definition) is 4. The predicted octanol–water partition coefficient (Wildman–Crippen LogP) is 3.06. The minimum Gasteiger partial charge on any atom is -0.454 e. The molecule has 0 radical (unpaired) electrons. The molecule has 1 aliphatic heterocycles. The van der Waals surface area contributed by atoms with Gasteiger partial charge in [0.25, 0.3) is 0 Å². The van der Waals surface area contributed by atoms with Crippen molar-refractivity contribution in [3.05, 3.63) is 47.5 Å². The second kappa shape index (κ2) is 6.80. The highest BCUT2D eigenvalue weighted by atomic mass is 35.5. The van der Waals surface area contributed by atoms with E-state index in [-0.39, 0.29) is 25.2 Å². The van der Waals surface area contributed by atoms with Crippen molar-refractivity contribution in [3.63, 3.8) is 0 Å². The zero-order valence-corrected chi connectivity index (χ0v) is 13.7. The lowest BCUT2D eigenvalue weighted by Crippen LogP contribution is -2.36. The molecular weight excluding hydrogens is 332 g/mol. The maximum absolute atomic E-state index is 12.3. The molecule has 0 spiro atoms. The van der Waals surface area contributed by atoms with Gasteiger partial charge >= 0.3 is 0 Å². The van der Waals surface area contributed by atoms with Gasteiger partial charge in [0, 0.05) is 29.4 Å². The minimum absolute atomic E-state index is 0.106. The van der Waals surface area contributed by atoms with Crippen LogP contribution < -0.4 is 19.7 Å². The summed E-state index contributed by atoms with van der Waals surface area (Å²) in [7, 11) is 0. The molecule has 0 saturated carbocycles. The molecule has 6 nitrogen and oxygen atoms in total. The van der Waals surface area contributed by atoms with Crippen LogP contribution in [0.5, 0.6) is 11.5 Å². The molecule has 124 valence electrons. The lowest BCUT2D eigenvalue weighted by Gasteiger charge is -2.20. The summed E-state index contributed by atoms with van der Waals surface area (Å²) in [5.74, 6) is 0.658. The number of carbonyl (C=O) groups is 2. The summed E-state index contributed by atoms with van der Waals surface area (Å²) in [5.41, 5.74) is 1.18. The first-order valence-electron chi connectivity index (χ1n) is 7.26. The molecule has 1 heterocycles. The molecule has 0 fully saturated rings. The molecule has 7 heteroatoms. The Morgan fingerprint density at radius 3 is 2.54 bits per heavy atom. The molecule has 0 atom stereocenters. The summed E-state index contributed by atoms with van der Waals surface area (Å²) in [6.07, 6.45) is 0. The molecule has 0 aliphatic carbocycles. The van der Waals surface area contributed by atoms with Crippen LogP contribution >= 0.6 is 11.6 Å². The molecule has 24 heavy (non-hydrogen) atoms. The summed E-state index contributed by atoms with van der Waals surface area (Å²) in [6, 6.07) is 11.8. The van der Waals surface area contributed by atoms with Gasteiger partial charge in [-0.3, -0.25) is 9.59 Å². The number of nitrogens with zero attached hydrogens (tertiary/aromatic N) is 1. The average Bonchev–Trinajstić information content (AvgIpc) is 3.01. The van der Waals surface area contributed by atoms with Crippen molar-refractivity contribution >= 4 is 34.8 Å². The Kier molecular flexibility index (Phi) is 4.57. The quantitative estimate of drug-likeness (QED) is 0.923. The zero-order valence-electron chi connectivity index (χ0n) is 12.9. The molecule has 0 bridgehead atoms. The van der Waals surface area contributed by atoms with E-state index >= 15 is 0 Å². The van der Waals surface area contributed by atoms with Crippen LogP contribution in [0, 0.1) is 0 Å². The monoisotopic (exact) mass is 346 g/mol. The molecule has 0 aromatic heterocycles. The van der Waals surface area contributed by atoms with E-state index < -0.39 is 0 Å². The number of benzene rings is 2. The number of fused-ring (bicyclic) bond motifs is 1. The van der Waals surface area contributed by atoms with Gasteiger partial charge in [0.1, 0.15) is 6.54 Å². The van der Waals surface area contributed by atoms with E-state index in [4.69, 9.17) is 21.1 Å². The van der Waals surface area contributed by atoms with Crippen LogP contribution in [0.3, 0.4) is 0 Å². The summed E-state index contributed by atoms with van der Waals surface area (Å²) in [6.45, 7) is 1.47. The van der Waals surface area contributed by atoms with Crippen LogP contribution in [0.4, 0.5) is 11.4 Å². The van der Waals surface area contributed by atoms with E-state index in [1.165, 1.54) is 11.8 Å². The second-order valence-electron chi connectivity index (χ2n) is 5.20. The van der Waals surface area contributed by atoms with Gasteiger partial charge in [-0.15, -0.1) is 0 Å². The number of anilines is 2. The van der Waals surface area contributed by atoms with Gasteiger partial charge in [0.05, 0.1) is 0 Å². The van der Waals surface area contributed by atoms with Gasteiger partial charge in [0.15, 0.2) is 11.5 Å². The average molecular weight is 347 g/mol. The number of hydrogen-bond donors (Lipinski definition) is 1. The molecule has 3 rings (SSSR count). The first-order chi connectivity index (χ1) is 11.5. The smallest absolute Gasteiger partial charge is 0.244 e. The van der Waals surface area contributed by atoms with Crippen molar-refractivity contribution in [1.82, 2.24) is 0 Å². The Morgan fingerprint density at radius 1 is 1.12 bits per heavy atom. The van der Waals surface area contributed by atoms with E-state index in [9.17, 15) is 9.59 Å². The van der Waals surface area contributed by atoms with Gasteiger partial charge in [0.2, 0.25) is 18.6 Å². The van der Waals surface area contributed by atoms with Crippen molar-refractivity contribution in [2.45, 2.75) is 6.92 Å². The van der Waals surface area contributed by atoms with E-state index in [1.54, 1.807) is 42.5 Å². The van der Waals surface area contributed by atoms with E-state index in [1.807, 2.05) is 0 Å². The number of nitrogens with one attached hydrogen (secondary N) is 1. The molecular formula is C17H15ClN2O4. The van der Waals surface area contributed by atoms with Crippen LogP contribution in [0.15, 0.2) is 42.5 Å². The van der Waals surface area contributed by atoms with Gasteiger partial charge < -0.3 is 19.7 Å². The van der Waals surface area contributed by atoms with Crippen LogP contribution in [-0.2, 0) is 9.59 Å². The number of carbonyl (C=O) groups excluding carboxylic acids is 2. The fourth-order valence-corrected chi connectivity index (χ4v) is 2.45. The van der Waals surface area contributed by atoms with Crippen molar-refractivity contribution in [2.75, 3.05) is 23.6 Å². The van der Waals surface area contributed by atoms with E-state index in [2.05, 4.69) is 5.32 Å². The lowest BCUT2D eigenvalue weighted by molar-refractivity contribution is -0.120. The molecule has 1 aliphatic rings. The molecule has 0 unspecified atom stereocenters. The van der Waals surface area contributed by atoms with Crippen LogP contribution in [0.2, 0.25) is 5.02 Å². The molecule has 2 amide bonds. The topological polar surface area (TPSA) is 67.9 Å². The van der Waals surface area contributed by atoms with Gasteiger partial charge in [-0.25, -0.2) is 0 Å². The molecule has 1 N–H and O–H groups in total. The number of halogens is 1. The number of rotatable bonds is 4. The van der Waals surface area contributed by atoms with Crippen LogP contribution in [0.25, 0.3) is 0 Å². The van der Waals surface area contributed by atoms with Gasteiger partial charge in [-0.2, -0.15) is 0 Å². The number of ether oxygens (including phenoxy) is 2. The van der Waals surface area contributed by atoms with Crippen molar-refractivity contribution in [2.24, 2.45) is 0 Å².